The Morgan fingerprint density at radius 3 is 0.875 bits per heavy atom. The van der Waals surface area contributed by atoms with E-state index in [9.17, 15) is 0 Å². The summed E-state index contributed by atoms with van der Waals surface area (Å²) < 4.78 is 0. The summed E-state index contributed by atoms with van der Waals surface area (Å²) in [7, 11) is 0. The molecule has 8 rings (SSSR count). The predicted octanol–water partition coefficient (Wildman–Crippen LogP) is 11.3. The van der Waals surface area contributed by atoms with E-state index in [0.717, 1.165) is 0 Å². The van der Waals surface area contributed by atoms with Crippen molar-refractivity contribution in [3.05, 3.63) is 158 Å². The molecule has 0 radical (unpaired) electrons. The van der Waals surface area contributed by atoms with E-state index in [1.807, 2.05) is 0 Å². The van der Waals surface area contributed by atoms with Gasteiger partial charge in [0.2, 0.25) is 0 Å². The maximum atomic E-state index is 2.31. The minimum atomic E-state index is 1.24. The summed E-state index contributed by atoms with van der Waals surface area (Å²) in [6.07, 6.45) is 0. The van der Waals surface area contributed by atoms with E-state index in [1.54, 1.807) is 0 Å². The lowest BCUT2D eigenvalue weighted by Gasteiger charge is -2.23. The Morgan fingerprint density at radius 2 is 0.450 bits per heavy atom. The summed E-state index contributed by atoms with van der Waals surface area (Å²) >= 11 is 0. The molecule has 8 aromatic carbocycles. The van der Waals surface area contributed by atoms with Crippen molar-refractivity contribution >= 4 is 43.1 Å². The normalized spacial score (nSPS) is 11.5. The van der Waals surface area contributed by atoms with Crippen molar-refractivity contribution in [2.45, 2.75) is 0 Å². The second-order valence-electron chi connectivity index (χ2n) is 10.4. The predicted molar refractivity (Wildman–Crippen MR) is 173 cm³/mol. The van der Waals surface area contributed by atoms with Gasteiger partial charge in [0.05, 0.1) is 0 Å². The second kappa shape index (κ2) is 9.22. The number of benzene rings is 8. The van der Waals surface area contributed by atoms with Gasteiger partial charge < -0.3 is 0 Å². The fourth-order valence-electron chi connectivity index (χ4n) is 6.62. The zero-order valence-corrected chi connectivity index (χ0v) is 22.0. The van der Waals surface area contributed by atoms with Crippen LogP contribution in [0.2, 0.25) is 0 Å². The molecule has 0 bridgehead atoms. The summed E-state index contributed by atoms with van der Waals surface area (Å²) in [4.78, 5) is 0. The largest absolute Gasteiger partial charge is 0.0622 e. The average Bonchev–Trinajstić information content (AvgIpc) is 3.04. The van der Waals surface area contributed by atoms with Crippen LogP contribution in [0.25, 0.3) is 76.5 Å². The molecule has 186 valence electrons. The van der Waals surface area contributed by atoms with E-state index in [4.69, 9.17) is 0 Å². The molecule has 0 unspecified atom stereocenters. The number of rotatable bonds is 3. The van der Waals surface area contributed by atoms with Crippen LogP contribution >= 0.6 is 0 Å². The maximum absolute atomic E-state index is 2.31. The smallest absolute Gasteiger partial charge is 0.000786 e. The quantitative estimate of drug-likeness (QED) is 0.165. The molecule has 0 saturated heterocycles. The van der Waals surface area contributed by atoms with Gasteiger partial charge in [-0.05, 0) is 76.5 Å². The van der Waals surface area contributed by atoms with Crippen molar-refractivity contribution in [3.8, 4) is 33.4 Å². The Balaban J connectivity index is 1.66. The zero-order valence-electron chi connectivity index (χ0n) is 22.0. The highest BCUT2D eigenvalue weighted by Crippen LogP contribution is 2.50. The summed E-state index contributed by atoms with van der Waals surface area (Å²) in [6, 6.07) is 57.4. The lowest BCUT2D eigenvalue weighted by molar-refractivity contribution is 1.65. The van der Waals surface area contributed by atoms with Gasteiger partial charge in [0.15, 0.2) is 0 Å². The Labute approximate surface area is 233 Å². The molecule has 0 aliphatic carbocycles. The van der Waals surface area contributed by atoms with Crippen molar-refractivity contribution in [2.24, 2.45) is 0 Å². The van der Waals surface area contributed by atoms with Crippen LogP contribution in [0.4, 0.5) is 0 Å². The number of fused-ring (bicyclic) bond motifs is 5. The summed E-state index contributed by atoms with van der Waals surface area (Å²) in [5.41, 5.74) is 7.66. The molecule has 0 nitrogen and oxygen atoms in total. The van der Waals surface area contributed by atoms with Crippen LogP contribution in [0.3, 0.4) is 0 Å². The van der Waals surface area contributed by atoms with Crippen molar-refractivity contribution < 1.29 is 0 Å². The third kappa shape index (κ3) is 3.40. The van der Waals surface area contributed by atoms with Crippen LogP contribution in [0, 0.1) is 0 Å². The molecule has 0 saturated carbocycles. The molecule has 0 spiro atoms. The Hall–Kier alpha value is -5.20. The first-order chi connectivity index (χ1) is 19.9. The molecular formula is C40H26. The minimum absolute atomic E-state index is 1.24. The number of hydrogen-bond acceptors (Lipinski definition) is 0. The molecule has 40 heavy (non-hydrogen) atoms. The molecule has 0 atom stereocenters. The summed E-state index contributed by atoms with van der Waals surface area (Å²) in [5, 5.41) is 10.2. The van der Waals surface area contributed by atoms with Crippen LogP contribution in [0.1, 0.15) is 0 Å². The van der Waals surface area contributed by atoms with Crippen molar-refractivity contribution in [2.75, 3.05) is 0 Å². The molecule has 0 aliphatic heterocycles. The highest BCUT2D eigenvalue weighted by Gasteiger charge is 2.22. The van der Waals surface area contributed by atoms with Gasteiger partial charge in [-0.25, -0.2) is 0 Å². The third-order valence-electron chi connectivity index (χ3n) is 8.24. The fraction of sp³-hybridized carbons (Fsp3) is 0. The van der Waals surface area contributed by atoms with E-state index >= 15 is 0 Å². The van der Waals surface area contributed by atoms with Gasteiger partial charge in [0.1, 0.15) is 0 Å². The highest BCUT2D eigenvalue weighted by atomic mass is 14.2. The highest BCUT2D eigenvalue weighted by molar-refractivity contribution is 6.29. The fourth-order valence-corrected chi connectivity index (χ4v) is 6.62. The van der Waals surface area contributed by atoms with Gasteiger partial charge >= 0.3 is 0 Å². The second-order valence-corrected chi connectivity index (χ2v) is 10.4. The topological polar surface area (TPSA) is 0 Å². The average molecular weight is 507 g/mol. The SMILES string of the molecule is c1ccc(-c2c3ccccc3c(-c3c(-c4ccccc4)c4ccccc4c4ccccc34)c3ccccc23)cc1. The molecular weight excluding hydrogens is 480 g/mol. The van der Waals surface area contributed by atoms with Gasteiger partial charge in [-0.15, -0.1) is 0 Å². The molecule has 0 heterocycles. The monoisotopic (exact) mass is 506 g/mol. The molecule has 0 N–H and O–H groups in total. The molecule has 8 aromatic rings. The third-order valence-corrected chi connectivity index (χ3v) is 8.24. The maximum Gasteiger partial charge on any atom is -0.000786 e. The Bertz CT molecular complexity index is 2130. The van der Waals surface area contributed by atoms with Gasteiger partial charge in [-0.3, -0.25) is 0 Å². The van der Waals surface area contributed by atoms with Gasteiger partial charge in [0, 0.05) is 0 Å². The van der Waals surface area contributed by atoms with E-state index < -0.39 is 0 Å². The standard InChI is InChI=1S/C40H26/c1-3-15-27(16-4-1)37-33-23-11-13-25-35(33)39(36-26-14-12-24-34(36)37)40-32-22-10-8-20-30(32)29-19-7-9-21-31(29)38(40)28-17-5-2-6-18-28/h1-26H. The Morgan fingerprint density at radius 1 is 0.175 bits per heavy atom. The minimum Gasteiger partial charge on any atom is -0.0622 e. The lowest BCUT2D eigenvalue weighted by Crippen LogP contribution is -1.95. The van der Waals surface area contributed by atoms with Crippen LogP contribution in [-0.4, -0.2) is 0 Å². The van der Waals surface area contributed by atoms with Crippen molar-refractivity contribution in [1.29, 1.82) is 0 Å². The van der Waals surface area contributed by atoms with E-state index in [1.165, 1.54) is 76.5 Å². The van der Waals surface area contributed by atoms with Crippen LogP contribution in [-0.2, 0) is 0 Å². The molecule has 0 aliphatic rings. The van der Waals surface area contributed by atoms with Crippen molar-refractivity contribution in [3.63, 3.8) is 0 Å². The summed E-state index contributed by atoms with van der Waals surface area (Å²) in [6.45, 7) is 0. The van der Waals surface area contributed by atoms with Gasteiger partial charge in [-0.2, -0.15) is 0 Å². The van der Waals surface area contributed by atoms with Crippen LogP contribution in [0.15, 0.2) is 158 Å². The van der Waals surface area contributed by atoms with Crippen molar-refractivity contribution in [1.82, 2.24) is 0 Å². The first kappa shape index (κ1) is 22.8. The molecule has 0 amide bonds. The van der Waals surface area contributed by atoms with E-state index in [2.05, 4.69) is 158 Å². The molecule has 0 aromatic heterocycles. The van der Waals surface area contributed by atoms with Gasteiger partial charge in [-0.1, -0.05) is 158 Å². The first-order valence-corrected chi connectivity index (χ1v) is 13.9. The first-order valence-electron chi connectivity index (χ1n) is 13.9. The van der Waals surface area contributed by atoms with Crippen LogP contribution in [0.5, 0.6) is 0 Å². The van der Waals surface area contributed by atoms with E-state index in [0.29, 0.717) is 0 Å². The number of hydrogen-bond donors (Lipinski definition) is 0. The van der Waals surface area contributed by atoms with E-state index in [-0.39, 0.29) is 0 Å². The summed E-state index contributed by atoms with van der Waals surface area (Å²) in [5.74, 6) is 0. The lowest BCUT2D eigenvalue weighted by atomic mass is 9.80. The molecule has 0 fully saturated rings. The van der Waals surface area contributed by atoms with Crippen LogP contribution < -0.4 is 0 Å². The molecule has 0 heteroatoms. The van der Waals surface area contributed by atoms with Gasteiger partial charge in [0.25, 0.3) is 0 Å². The zero-order chi connectivity index (χ0) is 26.5. The Kier molecular flexibility index (Phi) is 5.24.